The minimum atomic E-state index is -4.49. The number of thiazole rings is 1. The van der Waals surface area contributed by atoms with Gasteiger partial charge in [0.05, 0.1) is 29.9 Å². The number of amides is 2. The number of halogens is 4. The first-order valence-corrected chi connectivity index (χ1v) is 11.3. The molecule has 0 spiro atoms. The molecule has 2 amide bonds. The zero-order valence-electron chi connectivity index (χ0n) is 17.1. The van der Waals surface area contributed by atoms with Crippen molar-refractivity contribution in [3.8, 4) is 5.75 Å². The molecule has 2 aromatic rings. The highest BCUT2D eigenvalue weighted by atomic mass is 32.1. The Morgan fingerprint density at radius 3 is 2.59 bits per heavy atom. The van der Waals surface area contributed by atoms with Crippen molar-refractivity contribution in [3.63, 3.8) is 0 Å². The van der Waals surface area contributed by atoms with E-state index in [4.69, 9.17) is 9.84 Å². The van der Waals surface area contributed by atoms with Crippen LogP contribution in [0.1, 0.15) is 25.7 Å². The van der Waals surface area contributed by atoms with Gasteiger partial charge in [-0.15, -0.1) is 11.3 Å². The van der Waals surface area contributed by atoms with Crippen LogP contribution < -0.4 is 15.4 Å². The first kappa shape index (κ1) is 23.0. The molecule has 2 aliphatic rings. The molecule has 12 heteroatoms. The Kier molecular flexibility index (Phi) is 6.72. The van der Waals surface area contributed by atoms with Crippen LogP contribution in [-0.4, -0.2) is 71.1 Å². The van der Waals surface area contributed by atoms with E-state index in [1.54, 1.807) is 10.4 Å². The van der Waals surface area contributed by atoms with E-state index in [0.717, 1.165) is 0 Å². The lowest BCUT2D eigenvalue weighted by Gasteiger charge is -2.40. The molecule has 32 heavy (non-hydrogen) atoms. The number of nitrogens with one attached hydrogen (secondary N) is 2. The smallest absolute Gasteiger partial charge is 0.406 e. The average Bonchev–Trinajstić information content (AvgIpc) is 3.17. The Labute approximate surface area is 185 Å². The monoisotopic (exact) mass is 476 g/mol. The predicted molar refractivity (Wildman–Crippen MR) is 110 cm³/mol. The van der Waals surface area contributed by atoms with Gasteiger partial charge in [0.15, 0.2) is 0 Å². The second kappa shape index (κ2) is 9.36. The molecule has 2 fully saturated rings. The molecule has 1 aliphatic heterocycles. The number of aromatic nitrogens is 1. The molecule has 0 bridgehead atoms. The van der Waals surface area contributed by atoms with Crippen molar-refractivity contribution in [2.75, 3.05) is 19.7 Å². The summed E-state index contributed by atoms with van der Waals surface area (Å²) in [5.74, 6) is -0.0477. The third-order valence-electron chi connectivity index (χ3n) is 5.86. The van der Waals surface area contributed by atoms with E-state index in [2.05, 4.69) is 15.6 Å². The lowest BCUT2D eigenvalue weighted by atomic mass is 9.90. The Morgan fingerprint density at radius 1 is 1.25 bits per heavy atom. The molecule has 1 saturated carbocycles. The van der Waals surface area contributed by atoms with Gasteiger partial charge in [0, 0.05) is 18.2 Å². The summed E-state index contributed by atoms with van der Waals surface area (Å²) in [5.41, 5.74) is 2.22. The SMILES string of the molecule is O=C(N[C@H]1CC[C@@H](NC(CO)C(F)(F)F)CC1)N1CC(Oc2cc(F)cc3scnc23)C1. The minimum Gasteiger partial charge on any atom is -0.484 e. The van der Waals surface area contributed by atoms with Gasteiger partial charge >= 0.3 is 12.2 Å². The van der Waals surface area contributed by atoms with Gasteiger partial charge in [0.1, 0.15) is 29.2 Å². The summed E-state index contributed by atoms with van der Waals surface area (Å²) in [6.07, 6.45) is -2.69. The third kappa shape index (κ3) is 5.24. The van der Waals surface area contributed by atoms with Gasteiger partial charge in [-0.25, -0.2) is 14.2 Å². The van der Waals surface area contributed by atoms with Crippen LogP contribution in [0, 0.1) is 5.82 Å². The molecule has 1 aromatic carbocycles. The van der Waals surface area contributed by atoms with Crippen molar-refractivity contribution in [1.82, 2.24) is 20.5 Å². The van der Waals surface area contributed by atoms with E-state index >= 15 is 0 Å². The fourth-order valence-electron chi connectivity index (χ4n) is 4.06. The highest BCUT2D eigenvalue weighted by Crippen LogP contribution is 2.31. The Bertz CT molecular complexity index is 943. The van der Waals surface area contributed by atoms with Crippen LogP contribution in [0.15, 0.2) is 17.6 Å². The number of benzene rings is 1. The number of alkyl halides is 3. The molecule has 3 N–H and O–H groups in total. The molecule has 1 atom stereocenters. The molecule has 2 heterocycles. The average molecular weight is 476 g/mol. The van der Waals surface area contributed by atoms with Crippen molar-refractivity contribution in [2.24, 2.45) is 0 Å². The highest BCUT2D eigenvalue weighted by molar-refractivity contribution is 7.16. The van der Waals surface area contributed by atoms with Gasteiger partial charge in [-0.1, -0.05) is 0 Å². The Morgan fingerprint density at radius 2 is 1.94 bits per heavy atom. The number of hydrogen-bond acceptors (Lipinski definition) is 6. The number of hydrogen-bond donors (Lipinski definition) is 3. The summed E-state index contributed by atoms with van der Waals surface area (Å²) in [7, 11) is 0. The highest BCUT2D eigenvalue weighted by Gasteiger charge is 2.41. The second-order valence-electron chi connectivity index (χ2n) is 8.19. The molecule has 1 unspecified atom stereocenters. The van der Waals surface area contributed by atoms with Crippen LogP contribution in [0.2, 0.25) is 0 Å². The first-order chi connectivity index (χ1) is 15.2. The second-order valence-corrected chi connectivity index (χ2v) is 9.08. The van der Waals surface area contributed by atoms with Crippen molar-refractivity contribution in [2.45, 2.75) is 56.1 Å². The summed E-state index contributed by atoms with van der Waals surface area (Å²) >= 11 is 1.32. The summed E-state index contributed by atoms with van der Waals surface area (Å²) in [4.78, 5) is 18.2. The van der Waals surface area contributed by atoms with Crippen molar-refractivity contribution in [1.29, 1.82) is 0 Å². The molecule has 4 rings (SSSR count). The number of rotatable bonds is 6. The van der Waals surface area contributed by atoms with Crippen LogP contribution in [-0.2, 0) is 0 Å². The first-order valence-electron chi connectivity index (χ1n) is 10.4. The number of aliphatic hydroxyl groups is 1. The zero-order valence-corrected chi connectivity index (χ0v) is 17.9. The number of carbonyl (C=O) groups is 1. The standard InChI is InChI=1S/C20H24F4N4O3S/c21-11-5-15(18-16(6-11)32-10-25-18)31-14-7-28(8-14)19(30)27-13-3-1-12(2-4-13)26-17(9-29)20(22,23)24/h5-6,10,12-14,17,26,29H,1-4,7-9H2,(H,27,30)/t12-,13+,17?. The molecular weight excluding hydrogens is 452 g/mol. The summed E-state index contributed by atoms with van der Waals surface area (Å²) in [6, 6.07) is 0.0484. The number of likely N-dealkylation sites (tertiary alicyclic amines) is 1. The van der Waals surface area contributed by atoms with E-state index in [-0.39, 0.29) is 24.2 Å². The van der Waals surface area contributed by atoms with E-state index in [0.29, 0.717) is 54.7 Å². The lowest BCUT2D eigenvalue weighted by molar-refractivity contribution is -0.166. The van der Waals surface area contributed by atoms with Crippen molar-refractivity contribution >= 4 is 27.6 Å². The minimum absolute atomic E-state index is 0.114. The number of carbonyl (C=O) groups excluding carboxylic acids is 1. The van der Waals surface area contributed by atoms with Crippen LogP contribution in [0.4, 0.5) is 22.4 Å². The van der Waals surface area contributed by atoms with Gasteiger partial charge in [0.25, 0.3) is 0 Å². The lowest BCUT2D eigenvalue weighted by Crippen LogP contribution is -2.60. The normalized spacial score (nSPS) is 23.1. The Balaban J connectivity index is 1.20. The predicted octanol–water partition coefficient (Wildman–Crippen LogP) is 3.03. The maximum atomic E-state index is 13.7. The zero-order chi connectivity index (χ0) is 22.9. The van der Waals surface area contributed by atoms with Gasteiger partial charge in [-0.3, -0.25) is 0 Å². The maximum absolute atomic E-state index is 13.7. The molecule has 1 aliphatic carbocycles. The van der Waals surface area contributed by atoms with Crippen LogP contribution in [0.5, 0.6) is 5.75 Å². The van der Waals surface area contributed by atoms with Crippen molar-refractivity contribution in [3.05, 3.63) is 23.5 Å². The largest absolute Gasteiger partial charge is 0.484 e. The van der Waals surface area contributed by atoms with Crippen LogP contribution in [0.3, 0.4) is 0 Å². The van der Waals surface area contributed by atoms with Gasteiger partial charge < -0.3 is 25.4 Å². The molecule has 1 aromatic heterocycles. The molecule has 7 nitrogen and oxygen atoms in total. The number of aliphatic hydroxyl groups excluding tert-OH is 1. The van der Waals surface area contributed by atoms with Crippen LogP contribution >= 0.6 is 11.3 Å². The molecule has 0 radical (unpaired) electrons. The van der Waals surface area contributed by atoms with Gasteiger partial charge in [-0.2, -0.15) is 13.2 Å². The third-order valence-corrected chi connectivity index (χ3v) is 6.64. The van der Waals surface area contributed by atoms with Gasteiger partial charge in [0.2, 0.25) is 0 Å². The van der Waals surface area contributed by atoms with E-state index < -0.39 is 24.6 Å². The molecule has 1 saturated heterocycles. The van der Waals surface area contributed by atoms with Crippen LogP contribution in [0.25, 0.3) is 10.2 Å². The molecule has 176 valence electrons. The van der Waals surface area contributed by atoms with Gasteiger partial charge in [-0.05, 0) is 31.7 Å². The maximum Gasteiger partial charge on any atom is 0.406 e. The number of nitrogens with zero attached hydrogens (tertiary/aromatic N) is 2. The van der Waals surface area contributed by atoms with E-state index in [1.807, 2.05) is 0 Å². The fraction of sp³-hybridized carbons (Fsp3) is 0.600. The quantitative estimate of drug-likeness (QED) is 0.558. The summed E-state index contributed by atoms with van der Waals surface area (Å²) in [6.45, 7) is -0.286. The Hall–Kier alpha value is -2.18. The number of urea groups is 1. The van der Waals surface area contributed by atoms with E-state index in [1.165, 1.54) is 23.5 Å². The topological polar surface area (TPSA) is 86.7 Å². The summed E-state index contributed by atoms with van der Waals surface area (Å²) < 4.78 is 58.6. The van der Waals surface area contributed by atoms with E-state index in [9.17, 15) is 22.4 Å². The summed E-state index contributed by atoms with van der Waals surface area (Å²) in [5, 5.41) is 14.3. The number of ether oxygens (including phenoxy) is 1. The fourth-order valence-corrected chi connectivity index (χ4v) is 4.77. The molecular formula is C20H24F4N4O3S. The number of fused-ring (bicyclic) bond motifs is 1. The van der Waals surface area contributed by atoms with Crippen molar-refractivity contribution < 1.29 is 32.2 Å².